The number of carbonyl (C=O) groups excluding carboxylic acids is 1. The molecule has 7 rings (SSSR count). The van der Waals surface area contributed by atoms with Gasteiger partial charge in [0.15, 0.2) is 0 Å². The molecule has 2 aromatic carbocycles. The molecule has 4 nitrogen and oxygen atoms in total. The number of amides is 1. The van der Waals surface area contributed by atoms with Gasteiger partial charge in [0.2, 0.25) is 0 Å². The number of nitrogens with one attached hydrogen (secondary N) is 1. The molecule has 5 heterocycles. The lowest BCUT2D eigenvalue weighted by Gasteiger charge is -2.44. The molecule has 34 heavy (non-hydrogen) atoms. The predicted molar refractivity (Wildman–Crippen MR) is 139 cm³/mol. The molecule has 2 aromatic heterocycles. The summed E-state index contributed by atoms with van der Waals surface area (Å²) in [5.74, 6) is 0.675. The number of aromatic nitrogens is 1. The van der Waals surface area contributed by atoms with Gasteiger partial charge in [-0.15, -0.1) is 0 Å². The van der Waals surface area contributed by atoms with Crippen molar-refractivity contribution in [3.05, 3.63) is 78.0 Å². The number of piperidine rings is 3. The standard InChI is InChI=1S/C30H33N3O/c1-30(2,3)25-8-4-20(5-9-25)22-7-11-28-23(16-22)6-10-26-17-24(18-33(26)28)29(34)31-27-19-32-14-12-21(27)13-15-32/h4-11,16-18,21,27H,12-15,19H2,1-3H3,(H,31,34)/t27-/m0/s1. The summed E-state index contributed by atoms with van der Waals surface area (Å²) in [4.78, 5) is 15.6. The topological polar surface area (TPSA) is 36.8 Å². The molecule has 0 radical (unpaired) electrons. The smallest absolute Gasteiger partial charge is 0.253 e. The number of rotatable bonds is 3. The number of hydrogen-bond acceptors (Lipinski definition) is 2. The van der Waals surface area contributed by atoms with E-state index in [0.717, 1.165) is 23.1 Å². The quantitative estimate of drug-likeness (QED) is 0.422. The molecule has 3 aliphatic heterocycles. The van der Waals surface area contributed by atoms with Gasteiger partial charge in [0, 0.05) is 24.3 Å². The van der Waals surface area contributed by atoms with Crippen molar-refractivity contribution < 1.29 is 4.79 Å². The van der Waals surface area contributed by atoms with E-state index in [4.69, 9.17) is 0 Å². The number of nitrogens with zero attached hydrogens (tertiary/aromatic N) is 2. The van der Waals surface area contributed by atoms with Crippen LogP contribution in [0.3, 0.4) is 0 Å². The molecule has 1 N–H and O–H groups in total. The number of hydrogen-bond donors (Lipinski definition) is 1. The van der Waals surface area contributed by atoms with E-state index >= 15 is 0 Å². The molecular formula is C30H33N3O. The van der Waals surface area contributed by atoms with Crippen LogP contribution < -0.4 is 5.32 Å². The van der Waals surface area contributed by atoms with Crippen molar-refractivity contribution in [3.63, 3.8) is 0 Å². The Morgan fingerprint density at radius 3 is 2.32 bits per heavy atom. The largest absolute Gasteiger partial charge is 0.348 e. The highest BCUT2D eigenvalue weighted by molar-refractivity contribution is 5.97. The number of carbonyl (C=O) groups is 1. The van der Waals surface area contributed by atoms with Crippen LogP contribution in [-0.4, -0.2) is 40.9 Å². The fraction of sp³-hybridized carbons (Fsp3) is 0.367. The third kappa shape index (κ3) is 3.80. The lowest BCUT2D eigenvalue weighted by Crippen LogP contribution is -2.57. The van der Waals surface area contributed by atoms with Gasteiger partial charge in [-0.2, -0.15) is 0 Å². The van der Waals surface area contributed by atoms with Gasteiger partial charge >= 0.3 is 0 Å². The molecular weight excluding hydrogens is 418 g/mol. The third-order valence-corrected chi connectivity index (χ3v) is 7.89. The van der Waals surface area contributed by atoms with E-state index in [1.807, 2.05) is 12.3 Å². The minimum absolute atomic E-state index is 0.0474. The minimum Gasteiger partial charge on any atom is -0.348 e. The first-order valence-electron chi connectivity index (χ1n) is 12.5. The Hall–Kier alpha value is -3.11. The van der Waals surface area contributed by atoms with Crippen LogP contribution in [0.2, 0.25) is 0 Å². The van der Waals surface area contributed by atoms with E-state index in [2.05, 4.69) is 90.0 Å². The lowest BCUT2D eigenvalue weighted by atomic mass is 9.84. The Kier molecular flexibility index (Phi) is 5.03. The number of benzene rings is 2. The third-order valence-electron chi connectivity index (χ3n) is 7.89. The normalized spacial score (nSPS) is 22.4. The van der Waals surface area contributed by atoms with E-state index in [1.54, 1.807) is 0 Å². The first kappa shape index (κ1) is 21.4. The van der Waals surface area contributed by atoms with Crippen LogP contribution >= 0.6 is 0 Å². The van der Waals surface area contributed by atoms with Crippen molar-refractivity contribution in [2.45, 2.75) is 45.1 Å². The van der Waals surface area contributed by atoms with Crippen LogP contribution in [-0.2, 0) is 5.41 Å². The molecule has 2 bridgehead atoms. The summed E-state index contributed by atoms with van der Waals surface area (Å²) >= 11 is 0. The van der Waals surface area contributed by atoms with Crippen molar-refractivity contribution in [3.8, 4) is 11.1 Å². The summed E-state index contributed by atoms with van der Waals surface area (Å²) in [7, 11) is 0. The van der Waals surface area contributed by atoms with Gasteiger partial charge < -0.3 is 14.6 Å². The van der Waals surface area contributed by atoms with Crippen molar-refractivity contribution >= 4 is 22.3 Å². The number of pyridine rings is 1. The summed E-state index contributed by atoms with van der Waals surface area (Å²) in [5, 5.41) is 4.50. The molecule has 0 saturated carbocycles. The SMILES string of the molecule is CC(C)(C)c1ccc(-c2ccc3c(ccc4cc(C(=O)N[C@H]5CN6CCC5CC6)cn43)c2)cc1. The molecule has 174 valence electrons. The maximum absolute atomic E-state index is 13.1. The number of fused-ring (bicyclic) bond motifs is 6. The Morgan fingerprint density at radius 2 is 1.65 bits per heavy atom. The maximum atomic E-state index is 13.1. The zero-order valence-corrected chi connectivity index (χ0v) is 20.3. The van der Waals surface area contributed by atoms with Gasteiger partial charge in [-0.05, 0) is 83.6 Å². The molecule has 0 unspecified atom stereocenters. The Labute approximate surface area is 201 Å². The highest BCUT2D eigenvalue weighted by atomic mass is 16.1. The van der Waals surface area contributed by atoms with Crippen molar-refractivity contribution in [2.24, 2.45) is 5.92 Å². The highest BCUT2D eigenvalue weighted by Gasteiger charge is 2.35. The second kappa shape index (κ2) is 7.99. The molecule has 3 fully saturated rings. The van der Waals surface area contributed by atoms with Gasteiger partial charge in [0.05, 0.1) is 11.1 Å². The van der Waals surface area contributed by atoms with E-state index in [9.17, 15) is 4.79 Å². The van der Waals surface area contributed by atoms with Crippen LogP contribution in [0, 0.1) is 5.92 Å². The molecule has 0 spiro atoms. The Bertz CT molecular complexity index is 1370. The fourth-order valence-electron chi connectivity index (χ4n) is 5.75. The molecule has 4 heteroatoms. The van der Waals surface area contributed by atoms with Crippen LogP contribution in [0.4, 0.5) is 0 Å². The van der Waals surface area contributed by atoms with Gasteiger partial charge in [-0.1, -0.05) is 57.2 Å². The summed E-state index contributed by atoms with van der Waals surface area (Å²) in [6.07, 6.45) is 4.40. The monoisotopic (exact) mass is 451 g/mol. The zero-order chi connectivity index (χ0) is 23.4. The molecule has 3 saturated heterocycles. The summed E-state index contributed by atoms with van der Waals surface area (Å²) in [5.41, 5.74) is 6.84. The van der Waals surface area contributed by atoms with Gasteiger partial charge in [-0.25, -0.2) is 0 Å². The van der Waals surface area contributed by atoms with Crippen molar-refractivity contribution in [1.29, 1.82) is 0 Å². The van der Waals surface area contributed by atoms with Gasteiger partial charge in [0.1, 0.15) is 0 Å². The second-order valence-electron chi connectivity index (χ2n) is 11.2. The van der Waals surface area contributed by atoms with E-state index < -0.39 is 0 Å². The van der Waals surface area contributed by atoms with E-state index in [-0.39, 0.29) is 17.4 Å². The van der Waals surface area contributed by atoms with Gasteiger partial charge in [-0.3, -0.25) is 4.79 Å². The van der Waals surface area contributed by atoms with Crippen LogP contribution in [0.25, 0.3) is 27.5 Å². The summed E-state index contributed by atoms with van der Waals surface area (Å²) < 4.78 is 2.15. The summed E-state index contributed by atoms with van der Waals surface area (Å²) in [6.45, 7) is 10.1. The molecule has 3 aliphatic rings. The average Bonchev–Trinajstić information content (AvgIpc) is 3.29. The second-order valence-corrected chi connectivity index (χ2v) is 11.2. The van der Waals surface area contributed by atoms with E-state index in [0.29, 0.717) is 5.92 Å². The fourth-order valence-corrected chi connectivity index (χ4v) is 5.75. The first-order valence-corrected chi connectivity index (χ1v) is 12.5. The van der Waals surface area contributed by atoms with E-state index in [1.165, 1.54) is 48.0 Å². The van der Waals surface area contributed by atoms with Crippen LogP contribution in [0.5, 0.6) is 0 Å². The van der Waals surface area contributed by atoms with Crippen molar-refractivity contribution in [1.82, 2.24) is 14.6 Å². The minimum atomic E-state index is 0.0474. The average molecular weight is 452 g/mol. The van der Waals surface area contributed by atoms with Crippen LogP contribution in [0.1, 0.15) is 49.5 Å². The molecule has 1 atom stereocenters. The Balaban J connectivity index is 1.28. The molecule has 0 aliphatic carbocycles. The molecule has 1 amide bonds. The molecule has 4 aromatic rings. The van der Waals surface area contributed by atoms with Crippen molar-refractivity contribution in [2.75, 3.05) is 19.6 Å². The predicted octanol–water partition coefficient (Wildman–Crippen LogP) is 5.88. The highest BCUT2D eigenvalue weighted by Crippen LogP contribution is 2.30. The zero-order valence-electron chi connectivity index (χ0n) is 20.3. The first-order chi connectivity index (χ1) is 16.3. The van der Waals surface area contributed by atoms with Gasteiger partial charge in [0.25, 0.3) is 5.91 Å². The maximum Gasteiger partial charge on any atom is 0.253 e. The summed E-state index contributed by atoms with van der Waals surface area (Å²) in [6, 6.07) is 22.0. The Morgan fingerprint density at radius 1 is 0.912 bits per heavy atom. The lowest BCUT2D eigenvalue weighted by molar-refractivity contribution is 0.0620. The van der Waals surface area contributed by atoms with Crippen LogP contribution in [0.15, 0.2) is 66.9 Å².